The van der Waals surface area contributed by atoms with Gasteiger partial charge in [0.05, 0.1) is 6.54 Å². The average Bonchev–Trinajstić information content (AvgIpc) is 2.43. The largest absolute Gasteiger partial charge is 0.504 e. The summed E-state index contributed by atoms with van der Waals surface area (Å²) in [6, 6.07) is 10.3. The maximum Gasteiger partial charge on any atom is 0.165 e. The molecule has 1 aliphatic heterocycles. The first-order chi connectivity index (χ1) is 9.25. The fourth-order valence-electron chi connectivity index (χ4n) is 3.56. The van der Waals surface area contributed by atoms with Gasteiger partial charge in [-0.05, 0) is 22.8 Å². The molecule has 4 rings (SSSR count). The first kappa shape index (κ1) is 10.9. The van der Waals surface area contributed by atoms with Gasteiger partial charge in [0, 0.05) is 24.0 Å². The van der Waals surface area contributed by atoms with Gasteiger partial charge in [-0.2, -0.15) is 0 Å². The molecule has 0 amide bonds. The minimum absolute atomic E-state index is 0.0231. The van der Waals surface area contributed by atoms with Crippen LogP contribution in [0.2, 0.25) is 0 Å². The highest BCUT2D eigenvalue weighted by atomic mass is 16.3. The van der Waals surface area contributed by atoms with Gasteiger partial charge in [-0.1, -0.05) is 24.3 Å². The fourth-order valence-corrected chi connectivity index (χ4v) is 3.56. The molecule has 0 unspecified atom stereocenters. The van der Waals surface area contributed by atoms with E-state index in [1.807, 2.05) is 6.07 Å². The highest BCUT2D eigenvalue weighted by Gasteiger charge is 2.33. The van der Waals surface area contributed by atoms with E-state index in [1.165, 1.54) is 11.1 Å². The molecule has 96 valence electrons. The number of hydrogen-bond acceptors (Lipinski definition) is 2. The molecule has 3 nitrogen and oxygen atoms in total. The van der Waals surface area contributed by atoms with Crippen LogP contribution in [0.15, 0.2) is 30.3 Å². The van der Waals surface area contributed by atoms with Crippen LogP contribution in [0.5, 0.6) is 11.5 Å². The van der Waals surface area contributed by atoms with E-state index in [4.69, 9.17) is 0 Å². The van der Waals surface area contributed by atoms with Crippen molar-refractivity contribution in [3.05, 3.63) is 47.0 Å². The molecule has 1 heterocycles. The van der Waals surface area contributed by atoms with Crippen molar-refractivity contribution >= 4 is 0 Å². The average molecular weight is 254 g/mol. The Morgan fingerprint density at radius 1 is 1.05 bits per heavy atom. The van der Waals surface area contributed by atoms with Crippen LogP contribution in [0.3, 0.4) is 0 Å². The van der Waals surface area contributed by atoms with Gasteiger partial charge in [0.15, 0.2) is 11.5 Å². The zero-order valence-electron chi connectivity index (χ0n) is 10.6. The highest BCUT2D eigenvalue weighted by molar-refractivity contribution is 5.81. The third-order valence-corrected chi connectivity index (χ3v) is 4.38. The summed E-state index contributed by atoms with van der Waals surface area (Å²) >= 11 is 0. The van der Waals surface area contributed by atoms with Gasteiger partial charge < -0.3 is 15.5 Å². The van der Waals surface area contributed by atoms with E-state index in [2.05, 4.69) is 23.5 Å². The summed E-state index contributed by atoms with van der Waals surface area (Å²) in [5.41, 5.74) is 5.78. The quantitative estimate of drug-likeness (QED) is 0.624. The summed E-state index contributed by atoms with van der Waals surface area (Å²) in [5.74, 6) is -0.00971. The van der Waals surface area contributed by atoms with Crippen molar-refractivity contribution in [3.8, 4) is 22.6 Å². The van der Waals surface area contributed by atoms with Crippen LogP contribution in [0.4, 0.5) is 0 Å². The van der Waals surface area contributed by atoms with Crippen LogP contribution < -0.4 is 5.32 Å². The van der Waals surface area contributed by atoms with E-state index in [1.54, 1.807) is 6.07 Å². The van der Waals surface area contributed by atoms with Crippen molar-refractivity contribution in [2.45, 2.75) is 18.9 Å². The summed E-state index contributed by atoms with van der Waals surface area (Å²) in [7, 11) is 0. The van der Waals surface area contributed by atoms with Crippen molar-refractivity contribution in [2.24, 2.45) is 0 Å². The molecule has 0 saturated heterocycles. The minimum atomic E-state index is -0.0328. The molecule has 1 aliphatic carbocycles. The number of phenolic OH excluding ortho intramolecular Hbond substituents is 2. The molecule has 0 bridgehead atoms. The van der Waals surface area contributed by atoms with Crippen LogP contribution in [0.25, 0.3) is 11.1 Å². The zero-order valence-corrected chi connectivity index (χ0v) is 10.6. The monoisotopic (exact) mass is 254 g/mol. The Labute approximate surface area is 111 Å². The Kier molecular flexibility index (Phi) is 2.15. The summed E-state index contributed by atoms with van der Waals surface area (Å²) < 4.78 is 0. The first-order valence-corrected chi connectivity index (χ1v) is 6.75. The highest BCUT2D eigenvalue weighted by Crippen LogP contribution is 2.47. The lowest BCUT2D eigenvalue weighted by molar-refractivity contribution is -0.698. The van der Waals surface area contributed by atoms with Crippen molar-refractivity contribution in [2.75, 3.05) is 6.54 Å². The number of hydrogen-bond donors (Lipinski definition) is 3. The molecule has 0 saturated carbocycles. The van der Waals surface area contributed by atoms with Gasteiger partial charge in [-0.25, -0.2) is 0 Å². The van der Waals surface area contributed by atoms with Crippen molar-refractivity contribution in [1.29, 1.82) is 0 Å². The van der Waals surface area contributed by atoms with Crippen LogP contribution in [-0.2, 0) is 12.8 Å². The van der Waals surface area contributed by atoms with Gasteiger partial charge in [0.2, 0.25) is 0 Å². The van der Waals surface area contributed by atoms with Crippen molar-refractivity contribution in [1.82, 2.24) is 0 Å². The number of fused-ring (bicyclic) bond motifs is 2. The van der Waals surface area contributed by atoms with E-state index in [-0.39, 0.29) is 11.5 Å². The molecule has 0 spiro atoms. The van der Waals surface area contributed by atoms with E-state index >= 15 is 0 Å². The molecule has 0 radical (unpaired) electrons. The summed E-state index contributed by atoms with van der Waals surface area (Å²) in [5, 5.41) is 22.3. The third-order valence-electron chi connectivity index (χ3n) is 4.38. The number of quaternary nitrogens is 1. The molecule has 19 heavy (non-hydrogen) atoms. The summed E-state index contributed by atoms with van der Waals surface area (Å²) in [4.78, 5) is 0. The Morgan fingerprint density at radius 2 is 1.95 bits per heavy atom. The lowest BCUT2D eigenvalue weighted by Crippen LogP contribution is -2.87. The van der Waals surface area contributed by atoms with Crippen LogP contribution >= 0.6 is 0 Å². The van der Waals surface area contributed by atoms with Crippen molar-refractivity contribution < 1.29 is 15.5 Å². The normalized spacial score (nSPS) is 19.7. The number of benzene rings is 2. The molecular weight excluding hydrogens is 238 g/mol. The SMILES string of the molecule is Oc1ccc2c(c1O)-c1cccc3c1[C@@H](C2)[NH2+]CC3. The molecule has 3 heteroatoms. The van der Waals surface area contributed by atoms with Gasteiger partial charge in [0.1, 0.15) is 6.04 Å². The van der Waals surface area contributed by atoms with E-state index in [0.29, 0.717) is 6.04 Å². The van der Waals surface area contributed by atoms with Gasteiger partial charge >= 0.3 is 0 Å². The number of nitrogens with two attached hydrogens (primary N) is 1. The molecule has 1 atom stereocenters. The molecule has 0 fully saturated rings. The van der Waals surface area contributed by atoms with Crippen LogP contribution in [0.1, 0.15) is 22.7 Å². The lowest BCUT2D eigenvalue weighted by Gasteiger charge is -2.31. The number of aromatic hydroxyl groups is 2. The summed E-state index contributed by atoms with van der Waals surface area (Å²) in [6.45, 7) is 1.13. The second-order valence-electron chi connectivity index (χ2n) is 5.43. The first-order valence-electron chi connectivity index (χ1n) is 6.75. The Morgan fingerprint density at radius 3 is 2.84 bits per heavy atom. The molecule has 0 aromatic heterocycles. The van der Waals surface area contributed by atoms with E-state index in [0.717, 1.165) is 36.1 Å². The lowest BCUT2D eigenvalue weighted by atomic mass is 9.77. The Bertz CT molecular complexity index is 679. The predicted molar refractivity (Wildman–Crippen MR) is 72.1 cm³/mol. The predicted octanol–water partition coefficient (Wildman–Crippen LogP) is 1.48. The van der Waals surface area contributed by atoms with Crippen LogP contribution in [0, 0.1) is 0 Å². The second kappa shape index (κ2) is 3.75. The molecule has 4 N–H and O–H groups in total. The second-order valence-corrected chi connectivity index (χ2v) is 5.43. The van der Waals surface area contributed by atoms with Crippen molar-refractivity contribution in [3.63, 3.8) is 0 Å². The third kappa shape index (κ3) is 1.42. The Hall–Kier alpha value is -2.00. The fraction of sp³-hybridized carbons (Fsp3) is 0.250. The molecule has 2 aliphatic rings. The summed E-state index contributed by atoms with van der Waals surface area (Å²) in [6.07, 6.45) is 2.00. The van der Waals surface area contributed by atoms with Gasteiger partial charge in [0.25, 0.3) is 0 Å². The van der Waals surface area contributed by atoms with E-state index in [9.17, 15) is 10.2 Å². The molecular formula is C16H16NO2+. The van der Waals surface area contributed by atoms with Crippen LogP contribution in [-0.4, -0.2) is 16.8 Å². The number of phenols is 2. The smallest absolute Gasteiger partial charge is 0.165 e. The standard InChI is InChI=1S/C16H15NO2/c18-13-5-4-10-8-12-14-9(6-7-17-12)2-1-3-11(14)15(10)16(13)19/h1-5,12,17-19H,6-8H2/p+1/t12-/m1/s1. The molecule has 2 aromatic rings. The minimum Gasteiger partial charge on any atom is -0.504 e. The topological polar surface area (TPSA) is 57.1 Å². The maximum absolute atomic E-state index is 10.2. The zero-order chi connectivity index (χ0) is 13.0. The van der Waals surface area contributed by atoms with Gasteiger partial charge in [-0.3, -0.25) is 0 Å². The van der Waals surface area contributed by atoms with Gasteiger partial charge in [-0.15, -0.1) is 0 Å². The number of rotatable bonds is 0. The maximum atomic E-state index is 10.2. The van der Waals surface area contributed by atoms with E-state index < -0.39 is 0 Å². The molecule has 2 aromatic carbocycles. The Balaban J connectivity index is 2.06.